The van der Waals surface area contributed by atoms with Crippen LogP contribution in [0.15, 0.2) is 72.8 Å². The van der Waals surface area contributed by atoms with Gasteiger partial charge in [0.25, 0.3) is 0 Å². The average Bonchev–Trinajstić information content (AvgIpc) is 3.04. The third-order valence-corrected chi connectivity index (χ3v) is 7.93. The first-order valence-electron chi connectivity index (χ1n) is 16.8. The number of unbranched alkanes of at least 4 members (excludes halogenated alkanes) is 11. The van der Waals surface area contributed by atoms with E-state index in [1.807, 2.05) is 55.5 Å². The summed E-state index contributed by atoms with van der Waals surface area (Å²) in [6.45, 7) is 7.05. The zero-order valence-electron chi connectivity index (χ0n) is 27.2. The smallest absolute Gasteiger partial charge is 0.343 e. The van der Waals surface area contributed by atoms with Gasteiger partial charge in [-0.25, -0.2) is 4.79 Å². The van der Waals surface area contributed by atoms with Gasteiger partial charge in [-0.15, -0.1) is 0 Å². The van der Waals surface area contributed by atoms with Crippen LogP contribution in [0.5, 0.6) is 11.5 Å². The van der Waals surface area contributed by atoms with Crippen LogP contribution in [0, 0.1) is 0 Å². The molecule has 0 aromatic heterocycles. The molecule has 0 saturated carbocycles. The van der Waals surface area contributed by atoms with Crippen molar-refractivity contribution in [2.24, 2.45) is 0 Å². The van der Waals surface area contributed by atoms with E-state index in [1.54, 1.807) is 24.3 Å². The topological polar surface area (TPSA) is 61.8 Å². The summed E-state index contributed by atoms with van der Waals surface area (Å²) in [5.41, 5.74) is 3.39. The number of benzene rings is 3. The number of carbonyl (C=O) groups is 2. The van der Waals surface area contributed by atoms with E-state index in [9.17, 15) is 9.59 Å². The largest absolute Gasteiger partial charge is 0.494 e. The van der Waals surface area contributed by atoms with E-state index in [0.29, 0.717) is 17.7 Å². The Labute approximate surface area is 265 Å². The molecule has 0 heterocycles. The van der Waals surface area contributed by atoms with Crippen LogP contribution in [-0.2, 0) is 9.53 Å². The molecular weight excluding hydrogens is 548 g/mol. The summed E-state index contributed by atoms with van der Waals surface area (Å²) < 4.78 is 17.1. The van der Waals surface area contributed by atoms with Crippen molar-refractivity contribution in [3.8, 4) is 22.6 Å². The van der Waals surface area contributed by atoms with Crippen LogP contribution >= 0.6 is 0 Å². The first-order chi connectivity index (χ1) is 21.5. The molecule has 5 nitrogen and oxygen atoms in total. The van der Waals surface area contributed by atoms with Crippen molar-refractivity contribution in [2.45, 2.75) is 117 Å². The maximum Gasteiger partial charge on any atom is 0.343 e. The van der Waals surface area contributed by atoms with E-state index in [1.165, 1.54) is 64.2 Å². The fraction of sp³-hybridized carbons (Fsp3) is 0.487. The van der Waals surface area contributed by atoms with Gasteiger partial charge in [0.2, 0.25) is 0 Å². The van der Waals surface area contributed by atoms with Crippen molar-refractivity contribution >= 4 is 11.9 Å². The van der Waals surface area contributed by atoms with Crippen molar-refractivity contribution in [3.05, 3.63) is 83.9 Å². The second kappa shape index (κ2) is 20.4. The molecule has 3 aromatic rings. The van der Waals surface area contributed by atoms with Gasteiger partial charge in [0.1, 0.15) is 17.6 Å². The molecule has 0 aliphatic heterocycles. The Morgan fingerprint density at radius 2 is 1.09 bits per heavy atom. The maximum absolute atomic E-state index is 12.7. The molecule has 238 valence electrons. The van der Waals surface area contributed by atoms with E-state index in [2.05, 4.69) is 13.8 Å². The van der Waals surface area contributed by atoms with E-state index in [4.69, 9.17) is 14.2 Å². The van der Waals surface area contributed by atoms with Crippen LogP contribution in [0.4, 0.5) is 0 Å². The summed E-state index contributed by atoms with van der Waals surface area (Å²) in [4.78, 5) is 25.0. The second-order valence-corrected chi connectivity index (χ2v) is 11.7. The van der Waals surface area contributed by atoms with Gasteiger partial charge in [-0.2, -0.15) is 0 Å². The monoisotopic (exact) mass is 600 g/mol. The molecule has 1 unspecified atom stereocenters. The van der Waals surface area contributed by atoms with Crippen molar-refractivity contribution in [2.75, 3.05) is 6.61 Å². The molecule has 1 atom stereocenters. The number of hydrogen-bond acceptors (Lipinski definition) is 5. The summed E-state index contributed by atoms with van der Waals surface area (Å²) in [6.07, 6.45) is 15.7. The molecule has 0 fully saturated rings. The van der Waals surface area contributed by atoms with Gasteiger partial charge in [-0.1, -0.05) is 121 Å². The Balaban J connectivity index is 1.39. The molecule has 0 aliphatic carbocycles. The molecule has 0 aliphatic rings. The predicted molar refractivity (Wildman–Crippen MR) is 179 cm³/mol. The van der Waals surface area contributed by atoms with Crippen LogP contribution in [-0.4, -0.2) is 18.5 Å². The zero-order valence-corrected chi connectivity index (χ0v) is 27.2. The SMILES string of the molecule is CCCCCCCCCC(=O)OC(C)c1ccc(C(=O)Oc2ccc(-c3ccc(OCCCCCCCC)cc3)cc2)cc1. The van der Waals surface area contributed by atoms with E-state index >= 15 is 0 Å². The Morgan fingerprint density at radius 1 is 0.591 bits per heavy atom. The van der Waals surface area contributed by atoms with E-state index < -0.39 is 5.97 Å². The second-order valence-electron chi connectivity index (χ2n) is 11.7. The quantitative estimate of drug-likeness (QED) is 0.0691. The number of hydrogen-bond donors (Lipinski definition) is 0. The normalized spacial score (nSPS) is 11.6. The lowest BCUT2D eigenvalue weighted by Gasteiger charge is -2.14. The minimum Gasteiger partial charge on any atom is -0.494 e. The first-order valence-corrected chi connectivity index (χ1v) is 16.8. The molecular formula is C39H52O5. The fourth-order valence-electron chi connectivity index (χ4n) is 5.14. The highest BCUT2D eigenvalue weighted by Gasteiger charge is 2.14. The van der Waals surface area contributed by atoms with Gasteiger partial charge in [0.05, 0.1) is 12.2 Å². The van der Waals surface area contributed by atoms with E-state index in [-0.39, 0.29) is 12.1 Å². The molecule has 5 heteroatoms. The highest BCUT2D eigenvalue weighted by Crippen LogP contribution is 2.26. The summed E-state index contributed by atoms with van der Waals surface area (Å²) >= 11 is 0. The van der Waals surface area contributed by atoms with Crippen molar-refractivity contribution in [1.82, 2.24) is 0 Å². The molecule has 0 bridgehead atoms. The predicted octanol–water partition coefficient (Wildman–Crippen LogP) is 11.1. The molecule has 0 N–H and O–H groups in total. The molecule has 3 aromatic carbocycles. The van der Waals surface area contributed by atoms with Crippen LogP contribution in [0.3, 0.4) is 0 Å². The molecule has 0 amide bonds. The summed E-state index contributed by atoms with van der Waals surface area (Å²) in [5.74, 6) is 0.759. The fourth-order valence-corrected chi connectivity index (χ4v) is 5.14. The Bertz CT molecular complexity index is 1210. The lowest BCUT2D eigenvalue weighted by atomic mass is 10.1. The Morgan fingerprint density at radius 3 is 1.66 bits per heavy atom. The Hall–Kier alpha value is -3.60. The zero-order chi connectivity index (χ0) is 31.4. The van der Waals surface area contributed by atoms with E-state index in [0.717, 1.165) is 48.3 Å². The number of ether oxygens (including phenoxy) is 3. The summed E-state index contributed by atoms with van der Waals surface area (Å²) in [6, 6.07) is 22.6. The van der Waals surface area contributed by atoms with Crippen LogP contribution in [0.2, 0.25) is 0 Å². The molecule has 0 saturated heterocycles. The Kier molecular flexibility index (Phi) is 16.2. The third kappa shape index (κ3) is 13.0. The van der Waals surface area contributed by atoms with Crippen LogP contribution in [0.1, 0.15) is 133 Å². The third-order valence-electron chi connectivity index (χ3n) is 7.93. The van der Waals surface area contributed by atoms with Crippen molar-refractivity contribution < 1.29 is 23.8 Å². The number of esters is 2. The average molecular weight is 601 g/mol. The molecule has 3 rings (SSSR count). The van der Waals surface area contributed by atoms with Gasteiger partial charge in [0.15, 0.2) is 0 Å². The number of carbonyl (C=O) groups excluding carboxylic acids is 2. The van der Waals surface area contributed by atoms with Crippen molar-refractivity contribution in [1.29, 1.82) is 0 Å². The highest BCUT2D eigenvalue weighted by molar-refractivity contribution is 5.91. The van der Waals surface area contributed by atoms with Crippen LogP contribution < -0.4 is 9.47 Å². The minimum atomic E-state index is -0.431. The summed E-state index contributed by atoms with van der Waals surface area (Å²) in [5, 5.41) is 0. The lowest BCUT2D eigenvalue weighted by Crippen LogP contribution is -2.10. The molecule has 0 spiro atoms. The highest BCUT2D eigenvalue weighted by atomic mass is 16.5. The van der Waals surface area contributed by atoms with Gasteiger partial charge < -0.3 is 14.2 Å². The lowest BCUT2D eigenvalue weighted by molar-refractivity contribution is -0.148. The van der Waals surface area contributed by atoms with Gasteiger partial charge in [0, 0.05) is 6.42 Å². The standard InChI is InChI=1S/C39H52O5/c1-4-6-8-10-12-13-15-17-38(40)43-31(3)32-18-20-35(21-19-32)39(41)44-37-28-24-34(25-29-37)33-22-26-36(27-23-33)42-30-16-14-11-9-7-5-2/h18-29,31H,4-17,30H2,1-3H3. The summed E-state index contributed by atoms with van der Waals surface area (Å²) in [7, 11) is 0. The van der Waals surface area contributed by atoms with Crippen molar-refractivity contribution in [3.63, 3.8) is 0 Å². The first kappa shape index (κ1) is 34.9. The maximum atomic E-state index is 12.7. The van der Waals surface area contributed by atoms with Gasteiger partial charge in [-0.05, 0) is 72.9 Å². The van der Waals surface area contributed by atoms with Gasteiger partial charge in [-0.3, -0.25) is 4.79 Å². The number of rotatable bonds is 21. The molecule has 0 radical (unpaired) electrons. The van der Waals surface area contributed by atoms with Crippen LogP contribution in [0.25, 0.3) is 11.1 Å². The minimum absolute atomic E-state index is 0.175. The van der Waals surface area contributed by atoms with Gasteiger partial charge >= 0.3 is 11.9 Å². The molecule has 44 heavy (non-hydrogen) atoms.